The van der Waals surface area contributed by atoms with Gasteiger partial charge in [0, 0.05) is 18.1 Å². The minimum absolute atomic E-state index is 0.0132. The van der Waals surface area contributed by atoms with Crippen molar-refractivity contribution in [2.75, 3.05) is 17.4 Å². The summed E-state index contributed by atoms with van der Waals surface area (Å²) in [5, 5.41) is 3.34. The molecule has 0 aliphatic rings. The molecule has 0 heterocycles. The molecule has 39 heavy (non-hydrogen) atoms. The number of hydrogen-bond acceptors (Lipinski definition) is 4. The predicted molar refractivity (Wildman–Crippen MR) is 156 cm³/mol. The van der Waals surface area contributed by atoms with E-state index in [2.05, 4.69) is 5.32 Å². The summed E-state index contributed by atoms with van der Waals surface area (Å²) < 4.78 is 28.9. The first-order valence-electron chi connectivity index (χ1n) is 13.0. The van der Waals surface area contributed by atoms with Crippen LogP contribution in [0.15, 0.2) is 83.8 Å². The highest BCUT2D eigenvalue weighted by molar-refractivity contribution is 7.92. The topological polar surface area (TPSA) is 86.8 Å². The van der Waals surface area contributed by atoms with Crippen LogP contribution >= 0.6 is 11.6 Å². The molecule has 0 bridgehead atoms. The van der Waals surface area contributed by atoms with Gasteiger partial charge in [0.05, 0.1) is 10.6 Å². The first-order valence-corrected chi connectivity index (χ1v) is 14.8. The second-order valence-corrected chi connectivity index (χ2v) is 12.1. The van der Waals surface area contributed by atoms with Gasteiger partial charge in [-0.15, -0.1) is 0 Å². The van der Waals surface area contributed by atoms with Crippen LogP contribution in [0, 0.1) is 12.8 Å². The molecule has 1 N–H and O–H groups in total. The average molecular weight is 570 g/mol. The van der Waals surface area contributed by atoms with Gasteiger partial charge in [0.1, 0.15) is 12.6 Å². The molecule has 9 heteroatoms. The fourth-order valence-corrected chi connectivity index (χ4v) is 5.82. The lowest BCUT2D eigenvalue weighted by Crippen LogP contribution is -2.52. The van der Waals surface area contributed by atoms with E-state index in [0.29, 0.717) is 29.2 Å². The molecule has 1 atom stereocenters. The van der Waals surface area contributed by atoms with E-state index in [1.54, 1.807) is 25.1 Å². The largest absolute Gasteiger partial charge is 0.354 e. The number of carbonyl (C=O) groups excluding carboxylic acids is 2. The van der Waals surface area contributed by atoms with Crippen LogP contribution in [0.3, 0.4) is 0 Å². The Kier molecular flexibility index (Phi) is 10.5. The highest BCUT2D eigenvalue weighted by atomic mass is 35.5. The van der Waals surface area contributed by atoms with Gasteiger partial charge in [-0.2, -0.15) is 0 Å². The van der Waals surface area contributed by atoms with Crippen molar-refractivity contribution >= 4 is 39.1 Å². The second-order valence-electron chi connectivity index (χ2n) is 9.82. The van der Waals surface area contributed by atoms with Gasteiger partial charge in [-0.25, -0.2) is 8.42 Å². The maximum atomic E-state index is 14.0. The number of nitrogens with one attached hydrogen (secondary N) is 1. The predicted octanol–water partition coefficient (Wildman–Crippen LogP) is 5.42. The molecule has 0 saturated carbocycles. The Morgan fingerprint density at radius 3 is 2.13 bits per heavy atom. The van der Waals surface area contributed by atoms with E-state index in [4.69, 9.17) is 11.6 Å². The fourth-order valence-electron chi connectivity index (χ4n) is 4.21. The van der Waals surface area contributed by atoms with Gasteiger partial charge in [0.2, 0.25) is 11.8 Å². The third-order valence-electron chi connectivity index (χ3n) is 6.33. The molecular weight excluding hydrogens is 534 g/mol. The van der Waals surface area contributed by atoms with Crippen molar-refractivity contribution in [1.29, 1.82) is 0 Å². The van der Waals surface area contributed by atoms with E-state index in [9.17, 15) is 18.0 Å². The molecule has 3 aromatic rings. The molecule has 0 saturated heterocycles. The normalized spacial score (nSPS) is 12.2. The third kappa shape index (κ3) is 7.83. The molecule has 0 fully saturated rings. The van der Waals surface area contributed by atoms with E-state index in [1.807, 2.05) is 57.2 Å². The van der Waals surface area contributed by atoms with Crippen LogP contribution in [-0.4, -0.2) is 44.3 Å². The molecule has 208 valence electrons. The number of anilines is 1. The number of aryl methyl sites for hydroxylation is 1. The second kappa shape index (κ2) is 13.6. The van der Waals surface area contributed by atoms with Crippen LogP contribution in [0.2, 0.25) is 5.02 Å². The van der Waals surface area contributed by atoms with E-state index in [1.165, 1.54) is 29.2 Å². The molecule has 3 rings (SSSR count). The lowest BCUT2D eigenvalue weighted by Gasteiger charge is -2.33. The quantitative estimate of drug-likeness (QED) is 0.315. The van der Waals surface area contributed by atoms with Crippen molar-refractivity contribution in [2.24, 2.45) is 5.92 Å². The van der Waals surface area contributed by atoms with Gasteiger partial charge < -0.3 is 10.2 Å². The molecule has 3 aromatic carbocycles. The molecule has 2 amide bonds. The summed E-state index contributed by atoms with van der Waals surface area (Å²) in [6.07, 6.45) is 0.372. The summed E-state index contributed by atoms with van der Waals surface area (Å²) in [6.45, 7) is 7.79. The monoisotopic (exact) mass is 569 g/mol. The number of rotatable bonds is 12. The lowest BCUT2D eigenvalue weighted by atomic mass is 10.1. The first-order chi connectivity index (χ1) is 18.5. The number of hydrogen-bond donors (Lipinski definition) is 1. The Labute approximate surface area is 236 Å². The van der Waals surface area contributed by atoms with Gasteiger partial charge in [0.25, 0.3) is 10.0 Å². The summed E-state index contributed by atoms with van der Waals surface area (Å²) in [7, 11) is -4.14. The van der Waals surface area contributed by atoms with Crippen LogP contribution in [0.25, 0.3) is 0 Å². The Hall–Kier alpha value is -3.36. The number of carbonyl (C=O) groups is 2. The van der Waals surface area contributed by atoms with Crippen molar-refractivity contribution in [3.05, 3.63) is 95.0 Å². The van der Waals surface area contributed by atoms with Gasteiger partial charge in [0.15, 0.2) is 0 Å². The Morgan fingerprint density at radius 1 is 0.923 bits per heavy atom. The first kappa shape index (κ1) is 30.2. The molecule has 0 aromatic heterocycles. The number of benzene rings is 3. The lowest BCUT2D eigenvalue weighted by molar-refractivity contribution is -0.140. The van der Waals surface area contributed by atoms with E-state index >= 15 is 0 Å². The minimum atomic E-state index is -4.14. The van der Waals surface area contributed by atoms with Crippen molar-refractivity contribution < 1.29 is 18.0 Å². The number of halogens is 1. The van der Waals surface area contributed by atoms with E-state index < -0.39 is 28.5 Å². The van der Waals surface area contributed by atoms with Gasteiger partial charge in [-0.05, 0) is 60.7 Å². The fraction of sp³-hybridized carbons (Fsp3) is 0.333. The zero-order chi connectivity index (χ0) is 28.6. The smallest absolute Gasteiger partial charge is 0.264 e. The maximum Gasteiger partial charge on any atom is 0.264 e. The molecule has 0 aliphatic heterocycles. The molecule has 0 spiro atoms. The molecular formula is C30H36ClN3O4S. The van der Waals surface area contributed by atoms with Crippen molar-refractivity contribution in [2.45, 2.75) is 51.6 Å². The molecule has 1 unspecified atom stereocenters. The molecule has 0 aliphatic carbocycles. The maximum absolute atomic E-state index is 14.0. The number of amides is 2. The van der Waals surface area contributed by atoms with Gasteiger partial charge in [-0.1, -0.05) is 80.9 Å². The number of nitrogens with zero attached hydrogens (tertiary/aromatic N) is 2. The average Bonchev–Trinajstić information content (AvgIpc) is 2.91. The standard InChI is InChI=1S/C30H36ClN3O4S/c1-5-27(30(36)32-19-22(2)3)33(20-24-12-7-6-8-13-24)29(35)21-34(28-14-10-9-11-23(28)4)39(37,38)26-17-15-25(31)16-18-26/h6-18,22,27H,5,19-21H2,1-4H3,(H,32,36). The van der Waals surface area contributed by atoms with Crippen molar-refractivity contribution in [1.82, 2.24) is 10.2 Å². The van der Waals surface area contributed by atoms with Crippen LogP contribution < -0.4 is 9.62 Å². The van der Waals surface area contributed by atoms with Crippen LogP contribution in [0.5, 0.6) is 0 Å². The Balaban J connectivity index is 2.04. The number of sulfonamides is 1. The highest BCUT2D eigenvalue weighted by Gasteiger charge is 2.34. The van der Waals surface area contributed by atoms with Crippen molar-refractivity contribution in [3.63, 3.8) is 0 Å². The summed E-state index contributed by atoms with van der Waals surface area (Å²) in [4.78, 5) is 28.8. The zero-order valence-electron chi connectivity index (χ0n) is 22.8. The summed E-state index contributed by atoms with van der Waals surface area (Å²) in [5.41, 5.74) is 1.92. The van der Waals surface area contributed by atoms with E-state index in [-0.39, 0.29) is 23.3 Å². The minimum Gasteiger partial charge on any atom is -0.354 e. The Bertz CT molecular complexity index is 1360. The van der Waals surface area contributed by atoms with E-state index in [0.717, 1.165) is 9.87 Å². The zero-order valence-corrected chi connectivity index (χ0v) is 24.4. The highest BCUT2D eigenvalue weighted by Crippen LogP contribution is 2.28. The van der Waals surface area contributed by atoms with Crippen molar-refractivity contribution in [3.8, 4) is 0 Å². The third-order valence-corrected chi connectivity index (χ3v) is 8.36. The SMILES string of the molecule is CCC(C(=O)NCC(C)C)N(Cc1ccccc1)C(=O)CN(c1ccccc1C)S(=O)(=O)c1ccc(Cl)cc1. The van der Waals surface area contributed by atoms with Crippen LogP contribution in [-0.2, 0) is 26.2 Å². The van der Waals surface area contributed by atoms with Gasteiger partial charge >= 0.3 is 0 Å². The van der Waals surface area contributed by atoms with Crippen LogP contribution in [0.4, 0.5) is 5.69 Å². The number of para-hydroxylation sites is 1. The summed E-state index contributed by atoms with van der Waals surface area (Å²) in [5.74, 6) is -0.504. The van der Waals surface area contributed by atoms with Gasteiger partial charge in [-0.3, -0.25) is 13.9 Å². The molecule has 0 radical (unpaired) electrons. The van der Waals surface area contributed by atoms with Crippen LogP contribution in [0.1, 0.15) is 38.3 Å². The molecule has 7 nitrogen and oxygen atoms in total. The Morgan fingerprint density at radius 2 is 1.54 bits per heavy atom. The summed E-state index contributed by atoms with van der Waals surface area (Å²) >= 11 is 6.00. The summed E-state index contributed by atoms with van der Waals surface area (Å²) in [6, 6.07) is 21.4.